The van der Waals surface area contributed by atoms with E-state index < -0.39 is 5.60 Å². The minimum absolute atomic E-state index is 0.0428. The molecule has 0 saturated carbocycles. The third kappa shape index (κ3) is 5.18. The summed E-state index contributed by atoms with van der Waals surface area (Å²) < 4.78 is 11.4. The molecule has 1 aromatic rings. The molecule has 5 nitrogen and oxygen atoms in total. The van der Waals surface area contributed by atoms with Gasteiger partial charge in [-0.2, -0.15) is 0 Å². The van der Waals surface area contributed by atoms with E-state index in [4.69, 9.17) is 15.2 Å². The van der Waals surface area contributed by atoms with Crippen molar-refractivity contribution in [3.63, 3.8) is 0 Å². The zero-order chi connectivity index (χ0) is 20.5. The van der Waals surface area contributed by atoms with E-state index in [1.54, 1.807) is 0 Å². The molecule has 0 saturated heterocycles. The van der Waals surface area contributed by atoms with Crippen molar-refractivity contribution < 1.29 is 14.3 Å². The van der Waals surface area contributed by atoms with E-state index in [0.717, 1.165) is 17.5 Å². The van der Waals surface area contributed by atoms with Crippen LogP contribution in [0.25, 0.3) is 5.57 Å². The second kappa shape index (κ2) is 7.83. The van der Waals surface area contributed by atoms with Crippen LogP contribution in [0.15, 0.2) is 18.2 Å². The number of nitrogen functional groups attached to an aromatic ring is 1. The molecule has 5 heteroatoms. The Kier molecular flexibility index (Phi) is 6.13. The third-order valence-electron chi connectivity index (χ3n) is 4.54. The highest BCUT2D eigenvalue weighted by atomic mass is 16.6. The summed E-state index contributed by atoms with van der Waals surface area (Å²) in [6, 6.07) is 3.98. The maximum Gasteiger partial charge on any atom is 0.411 e. The zero-order valence-electron chi connectivity index (χ0n) is 17.9. The van der Waals surface area contributed by atoms with Crippen LogP contribution in [0.3, 0.4) is 0 Å². The first-order valence-corrected chi connectivity index (χ1v) is 9.68. The Morgan fingerprint density at radius 1 is 1.26 bits per heavy atom. The molecule has 0 radical (unpaired) electrons. The van der Waals surface area contributed by atoms with Gasteiger partial charge in [0, 0.05) is 6.04 Å². The van der Waals surface area contributed by atoms with Gasteiger partial charge in [-0.1, -0.05) is 6.08 Å². The minimum Gasteiger partial charge on any atom is -0.489 e. The molecule has 0 unspecified atom stereocenters. The predicted octanol–water partition coefficient (Wildman–Crippen LogP) is 5.17. The summed E-state index contributed by atoms with van der Waals surface area (Å²) in [6.07, 6.45) is 2.69. The average Bonchev–Trinajstić information content (AvgIpc) is 2.46. The number of aryl methyl sites for hydroxylation is 1. The number of hydrogen-bond donors (Lipinski definition) is 1. The average molecular weight is 375 g/mol. The topological polar surface area (TPSA) is 64.8 Å². The number of carbonyl (C=O) groups is 1. The van der Waals surface area contributed by atoms with E-state index in [-0.39, 0.29) is 24.3 Å². The Morgan fingerprint density at radius 3 is 2.41 bits per heavy atom. The number of benzene rings is 1. The molecule has 1 heterocycles. The first-order chi connectivity index (χ1) is 12.4. The van der Waals surface area contributed by atoms with E-state index in [1.807, 2.05) is 58.6 Å². The Morgan fingerprint density at radius 2 is 1.89 bits per heavy atom. The molecule has 1 aliphatic heterocycles. The number of ether oxygens (including phenoxy) is 2. The molecule has 0 aromatic heterocycles. The lowest BCUT2D eigenvalue weighted by atomic mass is 9.89. The fraction of sp³-hybridized carbons (Fsp3) is 0.591. The van der Waals surface area contributed by atoms with Gasteiger partial charge in [0.05, 0.1) is 17.8 Å². The van der Waals surface area contributed by atoms with E-state index in [2.05, 4.69) is 19.9 Å². The van der Waals surface area contributed by atoms with Crippen molar-refractivity contribution in [2.24, 2.45) is 0 Å². The Balaban J connectivity index is 2.33. The molecule has 2 atom stereocenters. The molecular weight excluding hydrogens is 340 g/mol. The monoisotopic (exact) mass is 374 g/mol. The zero-order valence-corrected chi connectivity index (χ0v) is 17.9. The van der Waals surface area contributed by atoms with Crippen molar-refractivity contribution in [1.82, 2.24) is 4.90 Å². The molecular formula is C22H34N2O3. The number of rotatable bonds is 3. The second-order valence-corrected chi connectivity index (χ2v) is 8.74. The van der Waals surface area contributed by atoms with Crippen LogP contribution in [-0.4, -0.2) is 34.8 Å². The number of hydrogen-bond acceptors (Lipinski definition) is 4. The normalized spacial score (nSPS) is 20.5. The van der Waals surface area contributed by atoms with Crippen molar-refractivity contribution in [2.75, 3.05) is 5.73 Å². The van der Waals surface area contributed by atoms with Crippen LogP contribution in [-0.2, 0) is 4.74 Å². The quantitative estimate of drug-likeness (QED) is 0.742. The summed E-state index contributed by atoms with van der Waals surface area (Å²) in [4.78, 5) is 14.4. The number of anilines is 1. The molecule has 0 spiro atoms. The molecule has 150 valence electrons. The van der Waals surface area contributed by atoms with Crippen molar-refractivity contribution >= 4 is 17.4 Å². The van der Waals surface area contributed by atoms with Crippen LogP contribution in [0.1, 0.15) is 66.0 Å². The summed E-state index contributed by atoms with van der Waals surface area (Å²) >= 11 is 0. The highest BCUT2D eigenvalue weighted by Crippen LogP contribution is 2.36. The van der Waals surface area contributed by atoms with Gasteiger partial charge >= 0.3 is 6.09 Å². The summed E-state index contributed by atoms with van der Waals surface area (Å²) in [6.45, 7) is 15.8. The Bertz CT molecular complexity index is 732. The van der Waals surface area contributed by atoms with Crippen LogP contribution in [0.5, 0.6) is 5.75 Å². The van der Waals surface area contributed by atoms with Crippen LogP contribution in [0.2, 0.25) is 0 Å². The van der Waals surface area contributed by atoms with Crippen molar-refractivity contribution in [1.29, 1.82) is 0 Å². The summed E-state index contributed by atoms with van der Waals surface area (Å²) in [5.74, 6) is 0.710. The molecule has 27 heavy (non-hydrogen) atoms. The Hall–Kier alpha value is -2.17. The van der Waals surface area contributed by atoms with Crippen molar-refractivity contribution in [3.8, 4) is 5.75 Å². The Labute approximate surface area is 163 Å². The van der Waals surface area contributed by atoms with Crippen LogP contribution in [0.4, 0.5) is 10.5 Å². The van der Waals surface area contributed by atoms with E-state index in [9.17, 15) is 4.79 Å². The van der Waals surface area contributed by atoms with Crippen LogP contribution < -0.4 is 10.5 Å². The van der Waals surface area contributed by atoms with Crippen molar-refractivity contribution in [2.45, 2.75) is 85.6 Å². The summed E-state index contributed by atoms with van der Waals surface area (Å²) in [5.41, 5.74) is 9.72. The molecule has 0 aliphatic carbocycles. The number of amides is 1. The van der Waals surface area contributed by atoms with Gasteiger partial charge in [0.25, 0.3) is 0 Å². The highest BCUT2D eigenvalue weighted by Gasteiger charge is 2.33. The highest BCUT2D eigenvalue weighted by molar-refractivity contribution is 5.77. The van der Waals surface area contributed by atoms with Gasteiger partial charge in [0.1, 0.15) is 11.4 Å². The first kappa shape index (κ1) is 21.1. The SMILES string of the molecule is Cc1cc(N)c(OC(C)C)cc1C1=C[C@@H](C)N(C(=O)OC(C)(C)C)[C@@H](C)C1. The van der Waals surface area contributed by atoms with E-state index in [0.29, 0.717) is 11.4 Å². The minimum atomic E-state index is -0.503. The van der Waals surface area contributed by atoms with E-state index >= 15 is 0 Å². The van der Waals surface area contributed by atoms with Gasteiger partial charge in [-0.05, 0) is 90.6 Å². The maximum absolute atomic E-state index is 12.6. The molecule has 2 N–H and O–H groups in total. The number of nitrogens with two attached hydrogens (primary N) is 1. The first-order valence-electron chi connectivity index (χ1n) is 9.68. The molecule has 0 fully saturated rings. The summed E-state index contributed by atoms with van der Waals surface area (Å²) in [5, 5.41) is 0. The molecule has 1 aromatic carbocycles. The standard InChI is InChI=1S/C22H34N2O3/c1-13(2)26-20-12-18(14(3)9-19(20)23)17-10-15(4)24(16(5)11-17)21(25)27-22(6,7)8/h9-10,12-13,15-16H,11,23H2,1-8H3/t15-,16+/m1/s1. The number of carbonyl (C=O) groups excluding carboxylic acids is 1. The fourth-order valence-electron chi connectivity index (χ4n) is 3.53. The molecule has 2 rings (SSSR count). The molecule has 1 aliphatic rings. The van der Waals surface area contributed by atoms with Gasteiger partial charge in [0.15, 0.2) is 0 Å². The lowest BCUT2D eigenvalue weighted by molar-refractivity contribution is 0.0123. The maximum atomic E-state index is 12.6. The lowest BCUT2D eigenvalue weighted by Gasteiger charge is -2.39. The van der Waals surface area contributed by atoms with Gasteiger partial charge in [-0.25, -0.2) is 4.79 Å². The van der Waals surface area contributed by atoms with Crippen molar-refractivity contribution in [3.05, 3.63) is 29.3 Å². The van der Waals surface area contributed by atoms with Gasteiger partial charge < -0.3 is 15.2 Å². The fourth-order valence-corrected chi connectivity index (χ4v) is 3.53. The van der Waals surface area contributed by atoms with Crippen LogP contribution in [0, 0.1) is 6.92 Å². The molecule has 1 amide bonds. The third-order valence-corrected chi connectivity index (χ3v) is 4.54. The predicted molar refractivity (Wildman–Crippen MR) is 111 cm³/mol. The van der Waals surface area contributed by atoms with Gasteiger partial charge in [-0.3, -0.25) is 4.90 Å². The van der Waals surface area contributed by atoms with Gasteiger partial charge in [0.2, 0.25) is 0 Å². The smallest absolute Gasteiger partial charge is 0.411 e. The van der Waals surface area contributed by atoms with E-state index in [1.165, 1.54) is 5.57 Å². The van der Waals surface area contributed by atoms with Gasteiger partial charge in [-0.15, -0.1) is 0 Å². The summed E-state index contributed by atoms with van der Waals surface area (Å²) in [7, 11) is 0. The van der Waals surface area contributed by atoms with Crippen LogP contribution >= 0.6 is 0 Å². The molecule has 0 bridgehead atoms. The lowest BCUT2D eigenvalue weighted by Crippen LogP contribution is -2.48. The second-order valence-electron chi connectivity index (χ2n) is 8.74. The largest absolute Gasteiger partial charge is 0.489 e. The number of nitrogens with zero attached hydrogens (tertiary/aromatic N) is 1.